The van der Waals surface area contributed by atoms with E-state index in [0.717, 1.165) is 6.92 Å². The smallest absolute Gasteiger partial charge is 0.344 e. The van der Waals surface area contributed by atoms with Crippen LogP contribution >= 0.6 is 11.8 Å². The summed E-state index contributed by atoms with van der Waals surface area (Å²) in [4.78, 5) is 45.6. The van der Waals surface area contributed by atoms with Crippen molar-refractivity contribution < 1.29 is 45.5 Å². The summed E-state index contributed by atoms with van der Waals surface area (Å²) in [6.45, 7) is 2.65. The largest absolute Gasteiger partial charge is 0.454 e. The molecule has 0 saturated heterocycles. The van der Waals surface area contributed by atoms with Crippen LogP contribution in [0.1, 0.15) is 27.2 Å². The second kappa shape index (κ2) is 11.3. The number of carbonyl (C=O) groups is 4. The predicted molar refractivity (Wildman–Crippen MR) is 121 cm³/mol. The van der Waals surface area contributed by atoms with Crippen molar-refractivity contribution in [2.75, 3.05) is 26.3 Å². The first kappa shape index (κ1) is 27.8. The van der Waals surface area contributed by atoms with Crippen molar-refractivity contribution in [1.82, 2.24) is 15.4 Å². The van der Waals surface area contributed by atoms with Gasteiger partial charge in [0, 0.05) is 6.92 Å². The van der Waals surface area contributed by atoms with Crippen molar-refractivity contribution in [3.05, 3.63) is 20.1 Å². The van der Waals surface area contributed by atoms with Gasteiger partial charge in [-0.15, -0.1) is 0 Å². The van der Waals surface area contributed by atoms with Gasteiger partial charge >= 0.3 is 11.9 Å². The molecule has 3 N–H and O–H groups in total. The lowest BCUT2D eigenvalue weighted by molar-refractivity contribution is -0.159. The normalized spacial score (nSPS) is 21.2. The van der Waals surface area contributed by atoms with Crippen LogP contribution in [0.2, 0.25) is 0 Å². The molecule has 2 heterocycles. The van der Waals surface area contributed by atoms with E-state index in [0.29, 0.717) is 23.9 Å². The highest BCUT2D eigenvalue weighted by Gasteiger charge is 2.43. The Kier molecular flexibility index (Phi) is 9.27. The standard InChI is InChI=1S/C18H25N3O10S3/c1-4-19-13-6-17(32-18-12(13)5-10(2)33(18,26)27)34(28,29)21-14(23)7-20-15(24)8-31-16(25)9-30-11(3)22/h6,10,13,19H,4-5,7-9H2,1-3H3,(H,20,24)(H,21,23)/t10-,13-/m0/s1. The number of amides is 2. The van der Waals surface area contributed by atoms with Crippen LogP contribution in [0.25, 0.3) is 0 Å². The number of hydrogen-bond donors (Lipinski definition) is 3. The van der Waals surface area contributed by atoms with Gasteiger partial charge < -0.3 is 20.1 Å². The molecular formula is C18H25N3O10S3. The minimum Gasteiger partial charge on any atom is -0.454 e. The van der Waals surface area contributed by atoms with E-state index in [1.807, 2.05) is 0 Å². The molecule has 2 rings (SSSR count). The number of nitrogens with one attached hydrogen (secondary N) is 3. The molecule has 0 unspecified atom stereocenters. The number of sulfonamides is 1. The Morgan fingerprint density at radius 1 is 1.15 bits per heavy atom. The zero-order valence-corrected chi connectivity index (χ0v) is 21.0. The average Bonchev–Trinajstić information content (AvgIpc) is 2.98. The number of likely N-dealkylation sites (N-methyl/N-ethyl adjacent to an activating group) is 1. The van der Waals surface area contributed by atoms with Gasteiger partial charge in [0.1, 0.15) is 8.47 Å². The van der Waals surface area contributed by atoms with E-state index >= 15 is 0 Å². The third kappa shape index (κ3) is 7.04. The Bertz CT molecular complexity index is 1140. The van der Waals surface area contributed by atoms with E-state index in [9.17, 15) is 36.0 Å². The van der Waals surface area contributed by atoms with Crippen LogP contribution in [-0.4, -0.2) is 78.2 Å². The van der Waals surface area contributed by atoms with Crippen molar-refractivity contribution in [2.45, 2.75) is 38.5 Å². The second-order valence-corrected chi connectivity index (χ2v) is 12.8. The molecule has 0 radical (unpaired) electrons. The van der Waals surface area contributed by atoms with E-state index in [-0.39, 0.29) is 14.9 Å². The van der Waals surface area contributed by atoms with Gasteiger partial charge in [0.15, 0.2) is 23.1 Å². The Morgan fingerprint density at radius 2 is 1.82 bits per heavy atom. The maximum absolute atomic E-state index is 12.7. The van der Waals surface area contributed by atoms with Crippen molar-refractivity contribution in [1.29, 1.82) is 0 Å². The van der Waals surface area contributed by atoms with Crippen molar-refractivity contribution in [3.63, 3.8) is 0 Å². The first-order valence-electron chi connectivity index (χ1n) is 9.99. The fourth-order valence-electron chi connectivity index (χ4n) is 2.97. The molecule has 0 bridgehead atoms. The molecule has 16 heteroatoms. The monoisotopic (exact) mass is 539 g/mol. The number of esters is 2. The highest BCUT2D eigenvalue weighted by molar-refractivity contribution is 8.28. The number of thioether (sulfide) groups is 1. The Balaban J connectivity index is 1.95. The number of rotatable bonds is 10. The topological polar surface area (TPSA) is 191 Å². The molecular weight excluding hydrogens is 514 g/mol. The van der Waals surface area contributed by atoms with Crippen LogP contribution in [0.3, 0.4) is 0 Å². The predicted octanol–water partition coefficient (Wildman–Crippen LogP) is -1.36. The average molecular weight is 540 g/mol. The highest BCUT2D eigenvalue weighted by atomic mass is 32.3. The summed E-state index contributed by atoms with van der Waals surface area (Å²) in [6, 6.07) is -0.621. The fraction of sp³-hybridized carbons (Fsp3) is 0.556. The van der Waals surface area contributed by atoms with Crippen LogP contribution in [0, 0.1) is 0 Å². The maximum Gasteiger partial charge on any atom is 0.344 e. The van der Waals surface area contributed by atoms with Gasteiger partial charge in [-0.25, -0.2) is 26.4 Å². The minimum absolute atomic E-state index is 0.0369. The molecule has 0 aromatic carbocycles. The molecule has 0 aromatic heterocycles. The van der Waals surface area contributed by atoms with E-state index in [1.165, 1.54) is 6.08 Å². The zero-order chi connectivity index (χ0) is 25.7. The summed E-state index contributed by atoms with van der Waals surface area (Å²) in [6.07, 6.45) is 1.62. The van der Waals surface area contributed by atoms with E-state index in [4.69, 9.17) is 0 Å². The molecule has 2 aliphatic heterocycles. The number of carbonyl (C=O) groups excluding carboxylic acids is 4. The highest BCUT2D eigenvalue weighted by Crippen LogP contribution is 2.47. The summed E-state index contributed by atoms with van der Waals surface area (Å²) in [5.41, 5.74) is 0.583. The van der Waals surface area contributed by atoms with Crippen molar-refractivity contribution in [2.24, 2.45) is 0 Å². The van der Waals surface area contributed by atoms with Crippen LogP contribution in [0.4, 0.5) is 0 Å². The van der Waals surface area contributed by atoms with Gasteiger partial charge in [0.05, 0.1) is 17.8 Å². The zero-order valence-electron chi connectivity index (χ0n) is 18.6. The van der Waals surface area contributed by atoms with Crippen LogP contribution in [0.5, 0.6) is 0 Å². The summed E-state index contributed by atoms with van der Waals surface area (Å²) in [7, 11) is -8.11. The van der Waals surface area contributed by atoms with Crippen LogP contribution in [0.15, 0.2) is 20.1 Å². The van der Waals surface area contributed by atoms with E-state index < -0.39 is 74.7 Å². The van der Waals surface area contributed by atoms with Gasteiger partial charge in [0.25, 0.3) is 21.8 Å². The molecule has 0 saturated carbocycles. The number of ether oxygens (including phenoxy) is 2. The second-order valence-electron chi connectivity index (χ2n) is 7.24. The van der Waals surface area contributed by atoms with Crippen LogP contribution in [-0.2, 0) is 48.5 Å². The number of hydrogen-bond acceptors (Lipinski definition) is 12. The SMILES string of the molecule is CCN[C@H]1C=C(S(=O)(=O)NC(=O)CNC(=O)COC(=O)COC(C)=O)SC2=C1C[C@H](C)S2(=O)=O. The molecule has 2 atom stereocenters. The lowest BCUT2D eigenvalue weighted by atomic mass is 10.0. The molecule has 0 spiro atoms. The molecule has 0 aromatic rings. The van der Waals surface area contributed by atoms with Crippen LogP contribution < -0.4 is 15.4 Å². The van der Waals surface area contributed by atoms with Crippen molar-refractivity contribution >= 4 is 55.4 Å². The van der Waals surface area contributed by atoms with E-state index in [1.54, 1.807) is 18.6 Å². The van der Waals surface area contributed by atoms with Gasteiger partial charge in [-0.2, -0.15) is 0 Å². The Hall–Kier alpha value is -2.43. The first-order valence-corrected chi connectivity index (χ1v) is 13.8. The lowest BCUT2D eigenvalue weighted by Crippen LogP contribution is -2.42. The third-order valence-corrected chi connectivity index (χ3v) is 10.4. The number of sulfone groups is 1. The van der Waals surface area contributed by atoms with Crippen molar-refractivity contribution in [3.8, 4) is 0 Å². The Labute approximate surface area is 201 Å². The van der Waals surface area contributed by atoms with Gasteiger partial charge in [-0.1, -0.05) is 18.7 Å². The first-order chi connectivity index (χ1) is 15.8. The van der Waals surface area contributed by atoms with Gasteiger partial charge in [-0.05, 0) is 31.5 Å². The maximum atomic E-state index is 12.7. The molecule has 34 heavy (non-hydrogen) atoms. The van der Waals surface area contributed by atoms with Gasteiger partial charge in [-0.3, -0.25) is 14.4 Å². The Morgan fingerprint density at radius 3 is 2.44 bits per heavy atom. The molecule has 0 fully saturated rings. The third-order valence-electron chi connectivity index (χ3n) is 4.57. The summed E-state index contributed by atoms with van der Waals surface area (Å²) in [5.74, 6) is -3.69. The summed E-state index contributed by atoms with van der Waals surface area (Å²) in [5, 5.41) is 4.42. The quantitative estimate of drug-likeness (QED) is 0.277. The summed E-state index contributed by atoms with van der Waals surface area (Å²) < 4.78 is 61.0. The summed E-state index contributed by atoms with van der Waals surface area (Å²) >= 11 is 0.563. The molecule has 2 aliphatic rings. The molecule has 13 nitrogen and oxygen atoms in total. The van der Waals surface area contributed by atoms with E-state index in [2.05, 4.69) is 20.1 Å². The lowest BCUT2D eigenvalue weighted by Gasteiger charge is -2.23. The molecule has 0 aliphatic carbocycles. The molecule has 2 amide bonds. The minimum atomic E-state index is -4.43. The fourth-order valence-corrected chi connectivity index (χ4v) is 8.02. The van der Waals surface area contributed by atoms with Gasteiger partial charge in [0.2, 0.25) is 0 Å². The molecule has 190 valence electrons.